The molecule has 5 nitrogen and oxygen atoms in total. The average Bonchev–Trinajstić information content (AvgIpc) is 2.38. The van der Waals surface area contributed by atoms with Gasteiger partial charge in [-0.05, 0) is 31.3 Å². The van der Waals surface area contributed by atoms with Crippen molar-refractivity contribution in [1.82, 2.24) is 5.32 Å². The number of rotatable bonds is 9. The van der Waals surface area contributed by atoms with Crippen molar-refractivity contribution < 1.29 is 19.4 Å². The van der Waals surface area contributed by atoms with Gasteiger partial charge < -0.3 is 19.9 Å². The van der Waals surface area contributed by atoms with Crippen LogP contribution in [0.4, 0.5) is 0 Å². The number of likely N-dealkylation sites (N-methyl/N-ethyl adjacent to an activating group) is 1. The second-order valence-electron chi connectivity index (χ2n) is 3.75. The summed E-state index contributed by atoms with van der Waals surface area (Å²) in [6, 6.07) is 6.37. The minimum atomic E-state index is -0.931. The molecule has 2 N–H and O–H groups in total. The predicted molar refractivity (Wildman–Crippen MR) is 68.3 cm³/mol. The predicted octanol–water partition coefficient (Wildman–Crippen LogP) is 1.39. The van der Waals surface area contributed by atoms with Gasteiger partial charge in [-0.15, -0.1) is 0 Å². The van der Waals surface area contributed by atoms with Gasteiger partial charge in [-0.2, -0.15) is 0 Å². The van der Waals surface area contributed by atoms with Crippen LogP contribution in [-0.4, -0.2) is 44.5 Å². The minimum absolute atomic E-state index is 0.262. The van der Waals surface area contributed by atoms with E-state index in [9.17, 15) is 4.79 Å². The number of hydrogen-bond acceptors (Lipinski definition) is 4. The average molecular weight is 253 g/mol. The molecule has 0 aliphatic carbocycles. The van der Waals surface area contributed by atoms with E-state index in [1.807, 2.05) is 7.05 Å². The zero-order valence-corrected chi connectivity index (χ0v) is 10.5. The van der Waals surface area contributed by atoms with Crippen LogP contribution < -0.4 is 10.1 Å². The molecule has 0 bridgehead atoms. The van der Waals surface area contributed by atoms with Crippen molar-refractivity contribution in [3.63, 3.8) is 0 Å². The van der Waals surface area contributed by atoms with Crippen molar-refractivity contribution in [2.24, 2.45) is 0 Å². The monoisotopic (exact) mass is 253 g/mol. The molecule has 0 atom stereocenters. The van der Waals surface area contributed by atoms with Crippen LogP contribution in [0.3, 0.4) is 0 Å². The van der Waals surface area contributed by atoms with Crippen LogP contribution in [0.2, 0.25) is 0 Å². The van der Waals surface area contributed by atoms with E-state index in [1.165, 1.54) is 12.1 Å². The fraction of sp³-hybridized carbons (Fsp3) is 0.462. The van der Waals surface area contributed by atoms with E-state index in [4.69, 9.17) is 14.6 Å². The van der Waals surface area contributed by atoms with Gasteiger partial charge in [-0.3, -0.25) is 0 Å². The van der Waals surface area contributed by atoms with E-state index >= 15 is 0 Å². The second kappa shape index (κ2) is 8.49. The Morgan fingerprint density at radius 2 is 1.94 bits per heavy atom. The topological polar surface area (TPSA) is 67.8 Å². The molecule has 1 aromatic rings. The lowest BCUT2D eigenvalue weighted by atomic mass is 10.2. The maximum Gasteiger partial charge on any atom is 0.335 e. The normalized spacial score (nSPS) is 10.3. The standard InChI is InChI=1S/C13H19NO4/c1-14-7-10-17-8-2-9-18-12-5-3-11(4-6-12)13(15)16/h3-6,14H,2,7-10H2,1H3,(H,15,16). The number of nitrogens with one attached hydrogen (secondary N) is 1. The Kier molecular flexibility index (Phi) is 6.83. The third-order valence-electron chi connectivity index (χ3n) is 2.30. The quantitative estimate of drug-likeness (QED) is 0.651. The van der Waals surface area contributed by atoms with Gasteiger partial charge in [0.05, 0.1) is 18.8 Å². The molecule has 0 aliphatic rings. The molecule has 0 unspecified atom stereocenters. The summed E-state index contributed by atoms with van der Waals surface area (Å²) in [5.41, 5.74) is 0.262. The first-order chi connectivity index (χ1) is 8.74. The summed E-state index contributed by atoms with van der Waals surface area (Å²) in [6.45, 7) is 2.77. The molecular formula is C13H19NO4. The van der Waals surface area contributed by atoms with Crippen LogP contribution in [0, 0.1) is 0 Å². The largest absolute Gasteiger partial charge is 0.494 e. The van der Waals surface area contributed by atoms with Gasteiger partial charge in [0.25, 0.3) is 0 Å². The first-order valence-corrected chi connectivity index (χ1v) is 5.92. The van der Waals surface area contributed by atoms with Gasteiger partial charge in [0, 0.05) is 19.6 Å². The highest BCUT2D eigenvalue weighted by molar-refractivity contribution is 5.87. The molecule has 0 saturated carbocycles. The molecule has 0 amide bonds. The van der Waals surface area contributed by atoms with Gasteiger partial charge >= 0.3 is 5.97 Å². The summed E-state index contributed by atoms with van der Waals surface area (Å²) >= 11 is 0. The highest BCUT2D eigenvalue weighted by Crippen LogP contribution is 2.12. The zero-order chi connectivity index (χ0) is 13.2. The van der Waals surface area contributed by atoms with Crippen molar-refractivity contribution in [2.45, 2.75) is 6.42 Å². The highest BCUT2D eigenvalue weighted by atomic mass is 16.5. The van der Waals surface area contributed by atoms with Crippen LogP contribution in [0.15, 0.2) is 24.3 Å². The van der Waals surface area contributed by atoms with E-state index in [2.05, 4.69) is 5.32 Å². The van der Waals surface area contributed by atoms with E-state index in [1.54, 1.807) is 12.1 Å². The summed E-state index contributed by atoms with van der Waals surface area (Å²) in [4.78, 5) is 10.6. The fourth-order valence-electron chi connectivity index (χ4n) is 1.32. The molecule has 5 heteroatoms. The maximum absolute atomic E-state index is 10.6. The number of benzene rings is 1. The van der Waals surface area contributed by atoms with Gasteiger partial charge in [0.1, 0.15) is 5.75 Å². The Labute approximate surface area is 107 Å². The second-order valence-corrected chi connectivity index (χ2v) is 3.75. The van der Waals surface area contributed by atoms with Crippen molar-refractivity contribution in [2.75, 3.05) is 33.4 Å². The summed E-state index contributed by atoms with van der Waals surface area (Å²) in [6.07, 6.45) is 0.810. The van der Waals surface area contributed by atoms with E-state index < -0.39 is 5.97 Å². The Morgan fingerprint density at radius 3 is 2.56 bits per heavy atom. The molecule has 1 rings (SSSR count). The van der Waals surface area contributed by atoms with E-state index in [-0.39, 0.29) is 5.56 Å². The molecule has 100 valence electrons. The van der Waals surface area contributed by atoms with Crippen molar-refractivity contribution in [3.8, 4) is 5.75 Å². The minimum Gasteiger partial charge on any atom is -0.494 e. The number of aromatic carboxylic acids is 1. The Hall–Kier alpha value is -1.59. The molecule has 0 radical (unpaired) electrons. The third kappa shape index (κ3) is 5.65. The van der Waals surface area contributed by atoms with Gasteiger partial charge in [-0.1, -0.05) is 0 Å². The molecule has 0 spiro atoms. The Bertz CT molecular complexity index is 351. The summed E-state index contributed by atoms with van der Waals surface area (Å²) in [5.74, 6) is -0.255. The lowest BCUT2D eigenvalue weighted by Gasteiger charge is -2.07. The summed E-state index contributed by atoms with van der Waals surface area (Å²) in [5, 5.41) is 11.7. The van der Waals surface area contributed by atoms with E-state index in [0.717, 1.165) is 13.0 Å². The van der Waals surface area contributed by atoms with Crippen LogP contribution in [0.5, 0.6) is 5.75 Å². The third-order valence-corrected chi connectivity index (χ3v) is 2.30. The first-order valence-electron chi connectivity index (χ1n) is 5.92. The molecule has 0 saturated heterocycles. The molecule has 0 fully saturated rings. The molecule has 0 heterocycles. The fourth-order valence-corrected chi connectivity index (χ4v) is 1.32. The van der Waals surface area contributed by atoms with Gasteiger partial charge in [-0.25, -0.2) is 4.79 Å². The molecule has 1 aromatic carbocycles. The molecule has 0 aromatic heterocycles. The lowest BCUT2D eigenvalue weighted by Crippen LogP contribution is -2.15. The van der Waals surface area contributed by atoms with Crippen LogP contribution in [0.25, 0.3) is 0 Å². The Morgan fingerprint density at radius 1 is 1.22 bits per heavy atom. The molecular weight excluding hydrogens is 234 g/mol. The van der Waals surface area contributed by atoms with Gasteiger partial charge in [0.15, 0.2) is 0 Å². The van der Waals surface area contributed by atoms with Crippen LogP contribution in [0.1, 0.15) is 16.8 Å². The number of carbonyl (C=O) groups is 1. The van der Waals surface area contributed by atoms with Crippen molar-refractivity contribution in [3.05, 3.63) is 29.8 Å². The van der Waals surface area contributed by atoms with E-state index in [0.29, 0.717) is 25.6 Å². The number of carboxylic acid groups (broad SMARTS) is 1. The van der Waals surface area contributed by atoms with Gasteiger partial charge in [0.2, 0.25) is 0 Å². The lowest BCUT2D eigenvalue weighted by molar-refractivity contribution is 0.0697. The zero-order valence-electron chi connectivity index (χ0n) is 10.5. The first kappa shape index (κ1) is 14.5. The molecule has 0 aliphatic heterocycles. The van der Waals surface area contributed by atoms with Crippen LogP contribution >= 0.6 is 0 Å². The van der Waals surface area contributed by atoms with Crippen molar-refractivity contribution >= 4 is 5.97 Å². The maximum atomic E-state index is 10.6. The van der Waals surface area contributed by atoms with Crippen LogP contribution in [-0.2, 0) is 4.74 Å². The SMILES string of the molecule is CNCCOCCCOc1ccc(C(=O)O)cc1. The smallest absolute Gasteiger partial charge is 0.335 e. The highest BCUT2D eigenvalue weighted by Gasteiger charge is 2.01. The summed E-state index contributed by atoms with van der Waals surface area (Å²) in [7, 11) is 1.88. The van der Waals surface area contributed by atoms with Crippen molar-refractivity contribution in [1.29, 1.82) is 0 Å². The summed E-state index contributed by atoms with van der Waals surface area (Å²) < 4.78 is 10.8. The number of carboxylic acids is 1. The number of ether oxygens (including phenoxy) is 2. The molecule has 18 heavy (non-hydrogen) atoms. The Balaban J connectivity index is 2.14. The number of hydrogen-bond donors (Lipinski definition) is 2.